The summed E-state index contributed by atoms with van der Waals surface area (Å²) in [6, 6.07) is 14.5. The smallest absolute Gasteiger partial charge is 0.410 e. The zero-order valence-corrected chi connectivity index (χ0v) is 10.7. The van der Waals surface area contributed by atoms with Crippen molar-refractivity contribution in [2.45, 2.75) is 0 Å². The van der Waals surface area contributed by atoms with E-state index in [2.05, 4.69) is 10.3 Å². The number of para-hydroxylation sites is 1. The fourth-order valence-electron chi connectivity index (χ4n) is 1.67. The Kier molecular flexibility index (Phi) is 3.12. The number of ether oxygens (including phenoxy) is 1. The predicted octanol–water partition coefficient (Wildman–Crippen LogP) is 3.91. The molecule has 19 heavy (non-hydrogen) atoms. The summed E-state index contributed by atoms with van der Waals surface area (Å²) in [4.78, 5) is 15.9. The third kappa shape index (κ3) is 2.71. The van der Waals surface area contributed by atoms with Crippen LogP contribution in [0.15, 0.2) is 54.0 Å². The molecule has 5 heteroatoms. The zero-order chi connectivity index (χ0) is 13.1. The maximum Gasteiger partial charge on any atom is 0.417 e. The van der Waals surface area contributed by atoms with Gasteiger partial charge in [-0.25, -0.2) is 9.78 Å². The molecule has 0 saturated carbocycles. The largest absolute Gasteiger partial charge is 0.417 e. The first-order valence-corrected chi connectivity index (χ1v) is 6.56. The van der Waals surface area contributed by atoms with Crippen LogP contribution in [0.2, 0.25) is 0 Å². The number of anilines is 1. The number of carbonyl (C=O) groups is 1. The lowest BCUT2D eigenvalue weighted by Crippen LogP contribution is -2.16. The van der Waals surface area contributed by atoms with E-state index in [-0.39, 0.29) is 0 Å². The summed E-state index contributed by atoms with van der Waals surface area (Å²) in [5.41, 5.74) is 3.39. The number of rotatable bonds is 2. The normalized spacial score (nSPS) is 10.3. The van der Waals surface area contributed by atoms with Crippen LogP contribution in [-0.2, 0) is 0 Å². The molecule has 0 atom stereocenters. The summed E-state index contributed by atoms with van der Waals surface area (Å²) >= 11 is 1.53. The number of aromatic nitrogens is 1. The average Bonchev–Trinajstić information content (AvgIpc) is 2.87. The fraction of sp³-hybridized carbons (Fsp3) is 0. The molecule has 0 fully saturated rings. The van der Waals surface area contributed by atoms with Gasteiger partial charge in [0, 0.05) is 5.69 Å². The Labute approximate surface area is 113 Å². The lowest BCUT2D eigenvalue weighted by atomic mass is 10.3. The predicted molar refractivity (Wildman–Crippen MR) is 75.7 cm³/mol. The first-order chi connectivity index (χ1) is 9.31. The number of hydrogen-bond donors (Lipinski definition) is 1. The lowest BCUT2D eigenvalue weighted by Gasteiger charge is -2.06. The topological polar surface area (TPSA) is 51.2 Å². The Balaban J connectivity index is 1.72. The van der Waals surface area contributed by atoms with Gasteiger partial charge in [0.25, 0.3) is 0 Å². The summed E-state index contributed by atoms with van der Waals surface area (Å²) in [6.07, 6.45) is -0.505. The van der Waals surface area contributed by atoms with E-state index in [0.717, 1.165) is 10.2 Å². The van der Waals surface area contributed by atoms with E-state index in [9.17, 15) is 4.79 Å². The molecule has 0 aliphatic rings. The van der Waals surface area contributed by atoms with Gasteiger partial charge in [0.05, 0.1) is 15.7 Å². The van der Waals surface area contributed by atoms with Gasteiger partial charge in [-0.1, -0.05) is 18.2 Å². The summed E-state index contributed by atoms with van der Waals surface area (Å²) in [7, 11) is 0. The highest BCUT2D eigenvalue weighted by Gasteiger charge is 2.06. The Morgan fingerprint density at radius 2 is 2.00 bits per heavy atom. The molecule has 0 unspecified atom stereocenters. The van der Waals surface area contributed by atoms with E-state index in [1.165, 1.54) is 11.3 Å². The van der Waals surface area contributed by atoms with Gasteiger partial charge in [-0.2, -0.15) is 0 Å². The van der Waals surface area contributed by atoms with Crippen molar-refractivity contribution in [3.8, 4) is 5.75 Å². The third-order valence-corrected chi connectivity index (χ3v) is 3.32. The molecule has 94 valence electrons. The van der Waals surface area contributed by atoms with Crippen molar-refractivity contribution < 1.29 is 9.53 Å². The van der Waals surface area contributed by atoms with Gasteiger partial charge in [-0.3, -0.25) is 5.32 Å². The number of nitrogens with zero attached hydrogens (tertiary/aromatic N) is 1. The summed E-state index contributed by atoms with van der Waals surface area (Å²) < 4.78 is 6.18. The van der Waals surface area contributed by atoms with Crippen LogP contribution in [0, 0.1) is 0 Å². The molecule has 1 amide bonds. The Bertz CT molecular complexity index is 710. The molecule has 1 heterocycles. The van der Waals surface area contributed by atoms with Crippen molar-refractivity contribution in [3.05, 3.63) is 54.0 Å². The van der Waals surface area contributed by atoms with Gasteiger partial charge in [0.1, 0.15) is 5.75 Å². The van der Waals surface area contributed by atoms with Crippen LogP contribution in [-0.4, -0.2) is 11.1 Å². The minimum Gasteiger partial charge on any atom is -0.410 e. The van der Waals surface area contributed by atoms with Gasteiger partial charge in [-0.05, 0) is 30.3 Å². The molecule has 0 radical (unpaired) electrons. The van der Waals surface area contributed by atoms with E-state index in [1.807, 2.05) is 30.3 Å². The molecule has 0 bridgehead atoms. The highest BCUT2D eigenvalue weighted by Crippen LogP contribution is 2.22. The Morgan fingerprint density at radius 1 is 1.16 bits per heavy atom. The van der Waals surface area contributed by atoms with Crippen LogP contribution in [0.5, 0.6) is 5.75 Å². The first kappa shape index (κ1) is 11.7. The van der Waals surface area contributed by atoms with Crippen molar-refractivity contribution in [2.24, 2.45) is 0 Å². The minimum atomic E-state index is -0.505. The van der Waals surface area contributed by atoms with Gasteiger partial charge in [0.2, 0.25) is 0 Å². The van der Waals surface area contributed by atoms with Crippen LogP contribution in [0.3, 0.4) is 0 Å². The molecule has 0 aliphatic heterocycles. The average molecular weight is 270 g/mol. The highest BCUT2D eigenvalue weighted by molar-refractivity contribution is 7.16. The summed E-state index contributed by atoms with van der Waals surface area (Å²) in [6.45, 7) is 0. The number of fused-ring (bicyclic) bond motifs is 1. The van der Waals surface area contributed by atoms with Gasteiger partial charge in [-0.15, -0.1) is 11.3 Å². The molecule has 0 saturated heterocycles. The number of hydrogen-bond acceptors (Lipinski definition) is 4. The fourth-order valence-corrected chi connectivity index (χ4v) is 2.39. The molecule has 3 aromatic rings. The number of amides is 1. The second kappa shape index (κ2) is 5.07. The van der Waals surface area contributed by atoms with Crippen molar-refractivity contribution in [1.29, 1.82) is 0 Å². The van der Waals surface area contributed by atoms with E-state index >= 15 is 0 Å². The van der Waals surface area contributed by atoms with Crippen molar-refractivity contribution >= 4 is 33.3 Å². The van der Waals surface area contributed by atoms with Crippen LogP contribution in [0.4, 0.5) is 10.5 Å². The standard InChI is InChI=1S/C14H10N2O2S/c17-14(18-11-4-2-1-3-5-11)16-10-6-7-12-13(8-10)19-9-15-12/h1-9H,(H,16,17). The van der Waals surface area contributed by atoms with E-state index < -0.39 is 6.09 Å². The molecule has 1 N–H and O–H groups in total. The Morgan fingerprint density at radius 3 is 2.84 bits per heavy atom. The van der Waals surface area contributed by atoms with E-state index in [1.54, 1.807) is 23.7 Å². The highest BCUT2D eigenvalue weighted by atomic mass is 32.1. The van der Waals surface area contributed by atoms with Gasteiger partial charge < -0.3 is 4.74 Å². The number of thiazole rings is 1. The summed E-state index contributed by atoms with van der Waals surface area (Å²) in [5, 5.41) is 2.69. The van der Waals surface area contributed by atoms with Crippen LogP contribution in [0.25, 0.3) is 10.2 Å². The second-order valence-corrected chi connectivity index (χ2v) is 4.75. The minimum absolute atomic E-state index is 0.505. The zero-order valence-electron chi connectivity index (χ0n) is 9.87. The first-order valence-electron chi connectivity index (χ1n) is 5.68. The molecule has 1 aromatic heterocycles. The molecule has 2 aromatic carbocycles. The lowest BCUT2D eigenvalue weighted by molar-refractivity contribution is 0.215. The van der Waals surface area contributed by atoms with Crippen LogP contribution < -0.4 is 10.1 Å². The van der Waals surface area contributed by atoms with Crippen LogP contribution in [0.1, 0.15) is 0 Å². The van der Waals surface area contributed by atoms with Gasteiger partial charge in [0.15, 0.2) is 0 Å². The maximum absolute atomic E-state index is 11.7. The number of benzene rings is 2. The number of carbonyl (C=O) groups excluding carboxylic acids is 1. The van der Waals surface area contributed by atoms with E-state index in [0.29, 0.717) is 11.4 Å². The van der Waals surface area contributed by atoms with Crippen LogP contribution >= 0.6 is 11.3 Å². The Hall–Kier alpha value is -2.40. The molecule has 3 rings (SSSR count). The third-order valence-electron chi connectivity index (χ3n) is 2.53. The van der Waals surface area contributed by atoms with Gasteiger partial charge >= 0.3 is 6.09 Å². The number of nitrogens with one attached hydrogen (secondary N) is 1. The van der Waals surface area contributed by atoms with E-state index in [4.69, 9.17) is 4.74 Å². The molecule has 4 nitrogen and oxygen atoms in total. The SMILES string of the molecule is O=C(Nc1ccc2ncsc2c1)Oc1ccccc1. The van der Waals surface area contributed by atoms with Crippen molar-refractivity contribution in [2.75, 3.05) is 5.32 Å². The van der Waals surface area contributed by atoms with Crippen molar-refractivity contribution in [3.63, 3.8) is 0 Å². The molecule has 0 spiro atoms. The summed E-state index contributed by atoms with van der Waals surface area (Å²) in [5.74, 6) is 0.513. The second-order valence-electron chi connectivity index (χ2n) is 3.86. The quantitative estimate of drug-likeness (QED) is 0.768. The molecule has 0 aliphatic carbocycles. The maximum atomic E-state index is 11.7. The molecular formula is C14H10N2O2S. The monoisotopic (exact) mass is 270 g/mol. The molecular weight excluding hydrogens is 260 g/mol. The van der Waals surface area contributed by atoms with Crippen molar-refractivity contribution in [1.82, 2.24) is 4.98 Å².